The lowest BCUT2D eigenvalue weighted by Gasteiger charge is -2.07. The van der Waals surface area contributed by atoms with Crippen molar-refractivity contribution in [3.8, 4) is 0 Å². The molecule has 0 atom stereocenters. The molecule has 20 heavy (non-hydrogen) atoms. The molecule has 2 rings (SSSR count). The van der Waals surface area contributed by atoms with Gasteiger partial charge in [0, 0.05) is 24.9 Å². The molecule has 1 heterocycles. The van der Waals surface area contributed by atoms with E-state index in [1.54, 1.807) is 0 Å². The van der Waals surface area contributed by atoms with Gasteiger partial charge in [-0.3, -0.25) is 19.8 Å². The maximum absolute atomic E-state index is 11.7. The van der Waals surface area contributed by atoms with Crippen molar-refractivity contribution in [1.82, 2.24) is 10.2 Å². The van der Waals surface area contributed by atoms with E-state index in [0.717, 1.165) is 0 Å². The molecule has 0 aliphatic carbocycles. The highest BCUT2D eigenvalue weighted by Crippen LogP contribution is 2.17. The van der Waals surface area contributed by atoms with E-state index in [0.29, 0.717) is 0 Å². The van der Waals surface area contributed by atoms with Crippen molar-refractivity contribution < 1.29 is 14.5 Å². The molecule has 0 saturated carbocycles. The van der Waals surface area contributed by atoms with Gasteiger partial charge >= 0.3 is 6.03 Å². The number of hydrogen-bond acceptors (Lipinski definition) is 4. The third-order valence-electron chi connectivity index (χ3n) is 2.61. The predicted molar refractivity (Wildman–Crippen MR) is 70.3 cm³/mol. The molecule has 1 aromatic carbocycles. The van der Waals surface area contributed by atoms with Crippen molar-refractivity contribution in [2.45, 2.75) is 0 Å². The Morgan fingerprint density at radius 2 is 2.30 bits per heavy atom. The minimum Gasteiger partial charge on any atom is -0.346 e. The standard InChI is InChI=1S/C11H11N5O4/c1-15-9(17)6-12-10(15)14-11(18)13-7-3-2-4-8(5-7)16(19)20/h2-5H,6H2,1H3,(H2,12,13,14,18). The van der Waals surface area contributed by atoms with Gasteiger partial charge in [0.05, 0.1) is 11.5 Å². The first-order valence-electron chi connectivity index (χ1n) is 5.62. The van der Waals surface area contributed by atoms with E-state index in [4.69, 9.17) is 0 Å². The summed E-state index contributed by atoms with van der Waals surface area (Å²) in [5.41, 5.74) is 0.113. The number of nitrogens with one attached hydrogen (secondary N) is 2. The Balaban J connectivity index is 2.09. The van der Waals surface area contributed by atoms with Gasteiger partial charge in [0.2, 0.25) is 11.9 Å². The molecule has 0 aromatic heterocycles. The Bertz CT molecular complexity index is 613. The summed E-state index contributed by atoms with van der Waals surface area (Å²) >= 11 is 0. The van der Waals surface area contributed by atoms with E-state index in [1.165, 1.54) is 36.2 Å². The smallest absolute Gasteiger partial charge is 0.346 e. The summed E-state index contributed by atoms with van der Waals surface area (Å²) in [5.74, 6) is -0.0650. The number of likely N-dealkylation sites (N-methyl/N-ethyl adjacent to an activating group) is 1. The van der Waals surface area contributed by atoms with Crippen LogP contribution < -0.4 is 10.6 Å². The van der Waals surface area contributed by atoms with Crippen LogP contribution >= 0.6 is 0 Å². The van der Waals surface area contributed by atoms with Crippen LogP contribution in [0.1, 0.15) is 0 Å². The SMILES string of the molecule is CN1C(=O)CNC1=NC(=O)Nc1cccc([N+](=O)[O-])c1. The summed E-state index contributed by atoms with van der Waals surface area (Å²) in [6.45, 7) is 0.0828. The normalized spacial score (nSPS) is 16.1. The van der Waals surface area contributed by atoms with Crippen LogP contribution in [-0.4, -0.2) is 41.3 Å². The lowest BCUT2D eigenvalue weighted by molar-refractivity contribution is -0.384. The molecule has 1 aliphatic heterocycles. The number of nitro groups is 1. The fourth-order valence-electron chi connectivity index (χ4n) is 1.57. The molecule has 9 heteroatoms. The second-order valence-corrected chi connectivity index (χ2v) is 3.98. The molecule has 0 radical (unpaired) electrons. The van der Waals surface area contributed by atoms with E-state index in [2.05, 4.69) is 15.6 Å². The van der Waals surface area contributed by atoms with Gasteiger partial charge in [0.25, 0.3) is 5.69 Å². The Kier molecular flexibility index (Phi) is 3.60. The third-order valence-corrected chi connectivity index (χ3v) is 2.61. The van der Waals surface area contributed by atoms with Gasteiger partial charge in [-0.2, -0.15) is 4.99 Å². The number of nitro benzene ring substituents is 1. The largest absolute Gasteiger partial charge is 0.348 e. The number of hydrogen-bond donors (Lipinski definition) is 2. The Labute approximate surface area is 113 Å². The van der Waals surface area contributed by atoms with Crippen LogP contribution in [0, 0.1) is 10.1 Å². The fraction of sp³-hybridized carbons (Fsp3) is 0.182. The molecular weight excluding hydrogens is 266 g/mol. The van der Waals surface area contributed by atoms with Crippen LogP contribution in [0.4, 0.5) is 16.2 Å². The molecule has 3 amide bonds. The molecule has 9 nitrogen and oxygen atoms in total. The molecule has 0 spiro atoms. The summed E-state index contributed by atoms with van der Waals surface area (Å²) in [7, 11) is 1.49. The first-order chi connectivity index (χ1) is 9.47. The maximum atomic E-state index is 11.7. The zero-order valence-electron chi connectivity index (χ0n) is 10.5. The van der Waals surface area contributed by atoms with Crippen LogP contribution in [0.15, 0.2) is 29.3 Å². The molecule has 1 fully saturated rings. The van der Waals surface area contributed by atoms with Gasteiger partial charge in [0.15, 0.2) is 0 Å². The summed E-state index contributed by atoms with van der Waals surface area (Å²) in [6.07, 6.45) is 0. The van der Waals surface area contributed by atoms with E-state index >= 15 is 0 Å². The Morgan fingerprint density at radius 3 is 2.90 bits per heavy atom. The van der Waals surface area contributed by atoms with Gasteiger partial charge in [-0.25, -0.2) is 4.79 Å². The summed E-state index contributed by atoms with van der Waals surface area (Å²) in [4.78, 5) is 37.8. The van der Waals surface area contributed by atoms with E-state index in [9.17, 15) is 19.7 Å². The zero-order chi connectivity index (χ0) is 14.7. The number of non-ortho nitro benzene ring substituents is 1. The molecule has 0 bridgehead atoms. The lowest BCUT2D eigenvalue weighted by atomic mass is 10.3. The molecule has 1 saturated heterocycles. The van der Waals surface area contributed by atoms with Gasteiger partial charge in [-0.05, 0) is 6.07 Å². The second kappa shape index (κ2) is 5.34. The lowest BCUT2D eigenvalue weighted by Crippen LogP contribution is -2.30. The minimum absolute atomic E-state index is 0.0828. The van der Waals surface area contributed by atoms with Crippen LogP contribution in [0.3, 0.4) is 0 Å². The topological polar surface area (TPSA) is 117 Å². The number of aliphatic imine (C=N–C) groups is 1. The highest BCUT2D eigenvalue weighted by molar-refractivity contribution is 6.09. The number of urea groups is 1. The Hall–Kier alpha value is -2.97. The number of amides is 3. The average Bonchev–Trinajstić information content (AvgIpc) is 2.71. The Morgan fingerprint density at radius 1 is 1.55 bits per heavy atom. The molecule has 0 unspecified atom stereocenters. The summed E-state index contributed by atoms with van der Waals surface area (Å²) in [6, 6.07) is 4.75. The predicted octanol–water partition coefficient (Wildman–Crippen LogP) is 0.544. The van der Waals surface area contributed by atoms with Crippen molar-refractivity contribution in [2.24, 2.45) is 4.99 Å². The van der Waals surface area contributed by atoms with Crippen molar-refractivity contribution in [3.63, 3.8) is 0 Å². The second-order valence-electron chi connectivity index (χ2n) is 3.98. The van der Waals surface area contributed by atoms with Crippen LogP contribution in [0.2, 0.25) is 0 Å². The highest BCUT2D eigenvalue weighted by atomic mass is 16.6. The summed E-state index contributed by atoms with van der Waals surface area (Å²) in [5, 5.41) is 15.7. The highest BCUT2D eigenvalue weighted by Gasteiger charge is 2.23. The van der Waals surface area contributed by atoms with Gasteiger partial charge in [-0.1, -0.05) is 6.07 Å². The first-order valence-corrected chi connectivity index (χ1v) is 5.62. The molecule has 1 aliphatic rings. The number of anilines is 1. The number of guanidine groups is 1. The first kappa shape index (κ1) is 13.5. The minimum atomic E-state index is -0.727. The van der Waals surface area contributed by atoms with Crippen LogP contribution in [0.25, 0.3) is 0 Å². The number of carbonyl (C=O) groups is 2. The number of nitrogens with zero attached hydrogens (tertiary/aromatic N) is 3. The van der Waals surface area contributed by atoms with Gasteiger partial charge < -0.3 is 10.6 Å². The van der Waals surface area contributed by atoms with E-state index in [-0.39, 0.29) is 29.8 Å². The van der Waals surface area contributed by atoms with Crippen molar-refractivity contribution in [1.29, 1.82) is 0 Å². The molecule has 1 aromatic rings. The summed E-state index contributed by atoms with van der Waals surface area (Å²) < 4.78 is 0. The van der Waals surface area contributed by atoms with Crippen molar-refractivity contribution >= 4 is 29.3 Å². The van der Waals surface area contributed by atoms with E-state index < -0.39 is 11.0 Å². The van der Waals surface area contributed by atoms with E-state index in [1.807, 2.05) is 0 Å². The molecular formula is C11H11N5O4. The zero-order valence-corrected chi connectivity index (χ0v) is 10.5. The number of rotatable bonds is 2. The van der Waals surface area contributed by atoms with Gasteiger partial charge in [-0.15, -0.1) is 0 Å². The maximum Gasteiger partial charge on any atom is 0.348 e. The quantitative estimate of drug-likeness (QED) is 0.604. The van der Waals surface area contributed by atoms with Gasteiger partial charge in [0.1, 0.15) is 0 Å². The molecule has 104 valence electrons. The number of carbonyl (C=O) groups excluding carboxylic acids is 2. The van der Waals surface area contributed by atoms with Crippen molar-refractivity contribution in [3.05, 3.63) is 34.4 Å². The fourth-order valence-corrected chi connectivity index (χ4v) is 1.57. The van der Waals surface area contributed by atoms with Crippen molar-refractivity contribution in [2.75, 3.05) is 18.9 Å². The van der Waals surface area contributed by atoms with Crippen LogP contribution in [-0.2, 0) is 4.79 Å². The van der Waals surface area contributed by atoms with Crippen LogP contribution in [0.5, 0.6) is 0 Å². The monoisotopic (exact) mass is 277 g/mol. The molecule has 2 N–H and O–H groups in total. The number of benzene rings is 1. The average molecular weight is 277 g/mol. The third kappa shape index (κ3) is 2.88.